The molecule has 0 saturated carbocycles. The quantitative estimate of drug-likeness (QED) is 0.875. The number of hydrogen-bond acceptors (Lipinski definition) is 4. The van der Waals surface area contributed by atoms with Gasteiger partial charge in [-0.1, -0.05) is 12.1 Å². The van der Waals surface area contributed by atoms with Crippen molar-refractivity contribution in [2.75, 3.05) is 18.5 Å². The Kier molecular flexibility index (Phi) is 4.23. The van der Waals surface area contributed by atoms with Gasteiger partial charge in [-0.25, -0.2) is 0 Å². The molecule has 0 spiro atoms. The zero-order valence-corrected chi connectivity index (χ0v) is 11.4. The molecule has 1 aliphatic rings. The van der Waals surface area contributed by atoms with E-state index < -0.39 is 0 Å². The van der Waals surface area contributed by atoms with Gasteiger partial charge in [-0.15, -0.1) is 0 Å². The van der Waals surface area contributed by atoms with Crippen LogP contribution in [0.4, 0.5) is 5.69 Å². The van der Waals surface area contributed by atoms with E-state index in [1.165, 1.54) is 0 Å². The lowest BCUT2D eigenvalue weighted by Gasteiger charge is -2.15. The van der Waals surface area contributed by atoms with Gasteiger partial charge in [-0.05, 0) is 37.1 Å². The van der Waals surface area contributed by atoms with Gasteiger partial charge < -0.3 is 19.2 Å². The van der Waals surface area contributed by atoms with Gasteiger partial charge in [0.05, 0.1) is 24.6 Å². The van der Waals surface area contributed by atoms with Crippen LogP contribution in [0.5, 0.6) is 5.75 Å². The molecule has 3 rings (SSSR count). The van der Waals surface area contributed by atoms with Crippen molar-refractivity contribution in [3.63, 3.8) is 0 Å². The molecule has 1 aliphatic heterocycles. The van der Waals surface area contributed by atoms with Gasteiger partial charge >= 0.3 is 0 Å². The highest BCUT2D eigenvalue weighted by atomic mass is 16.5. The number of para-hydroxylation sites is 2. The largest absolute Gasteiger partial charge is 0.489 e. The van der Waals surface area contributed by atoms with Gasteiger partial charge in [0.1, 0.15) is 18.1 Å². The van der Waals surface area contributed by atoms with Crippen LogP contribution in [0.2, 0.25) is 0 Å². The van der Waals surface area contributed by atoms with E-state index in [1.807, 2.05) is 36.4 Å². The van der Waals surface area contributed by atoms with E-state index >= 15 is 0 Å². The highest BCUT2D eigenvalue weighted by Crippen LogP contribution is 2.25. The molecule has 2 aromatic rings. The first-order valence-electron chi connectivity index (χ1n) is 7.01. The SMILES string of the molecule is c1coc(CNc2ccccc2OC[C@H]2CCCO2)c1. The minimum absolute atomic E-state index is 0.230. The lowest BCUT2D eigenvalue weighted by molar-refractivity contribution is 0.0682. The summed E-state index contributed by atoms with van der Waals surface area (Å²) in [5.41, 5.74) is 0.974. The van der Waals surface area contributed by atoms with E-state index in [0.717, 1.165) is 36.6 Å². The van der Waals surface area contributed by atoms with Gasteiger partial charge in [0.2, 0.25) is 0 Å². The summed E-state index contributed by atoms with van der Waals surface area (Å²) in [5, 5.41) is 3.33. The first-order chi connectivity index (χ1) is 9.92. The smallest absolute Gasteiger partial charge is 0.142 e. The molecule has 1 aromatic heterocycles. The van der Waals surface area contributed by atoms with Gasteiger partial charge in [0.15, 0.2) is 0 Å². The fourth-order valence-corrected chi connectivity index (χ4v) is 2.29. The predicted molar refractivity (Wildman–Crippen MR) is 76.9 cm³/mol. The fraction of sp³-hybridized carbons (Fsp3) is 0.375. The number of nitrogens with one attached hydrogen (secondary N) is 1. The predicted octanol–water partition coefficient (Wildman–Crippen LogP) is 3.45. The molecule has 1 fully saturated rings. The van der Waals surface area contributed by atoms with Crippen LogP contribution in [0.3, 0.4) is 0 Å². The Balaban J connectivity index is 1.58. The molecule has 0 bridgehead atoms. The third-order valence-electron chi connectivity index (χ3n) is 3.37. The van der Waals surface area contributed by atoms with E-state index in [1.54, 1.807) is 6.26 Å². The number of hydrogen-bond donors (Lipinski definition) is 1. The zero-order chi connectivity index (χ0) is 13.6. The number of anilines is 1. The van der Waals surface area contributed by atoms with Crippen molar-refractivity contribution in [2.45, 2.75) is 25.5 Å². The van der Waals surface area contributed by atoms with Crippen LogP contribution in [-0.2, 0) is 11.3 Å². The normalized spacial score (nSPS) is 18.1. The summed E-state index contributed by atoms with van der Waals surface area (Å²) in [6.07, 6.45) is 4.12. The molecule has 0 radical (unpaired) electrons. The Hall–Kier alpha value is -1.94. The maximum atomic E-state index is 5.87. The Morgan fingerprint density at radius 2 is 2.15 bits per heavy atom. The summed E-state index contributed by atoms with van der Waals surface area (Å²) >= 11 is 0. The average Bonchev–Trinajstić information content (AvgIpc) is 3.17. The van der Waals surface area contributed by atoms with Crippen LogP contribution in [0.1, 0.15) is 18.6 Å². The van der Waals surface area contributed by atoms with E-state index in [0.29, 0.717) is 13.2 Å². The third-order valence-corrected chi connectivity index (χ3v) is 3.37. The molecule has 1 aromatic carbocycles. The van der Waals surface area contributed by atoms with Crippen LogP contribution in [0.15, 0.2) is 47.1 Å². The van der Waals surface area contributed by atoms with Crippen LogP contribution in [0.25, 0.3) is 0 Å². The third kappa shape index (κ3) is 3.33. The molecule has 1 saturated heterocycles. The monoisotopic (exact) mass is 273 g/mol. The van der Waals surface area contributed by atoms with Crippen molar-refractivity contribution in [3.05, 3.63) is 48.4 Å². The Labute approximate surface area is 118 Å². The molecule has 106 valence electrons. The number of rotatable bonds is 6. The molecule has 0 amide bonds. The first kappa shape index (κ1) is 13.1. The topological polar surface area (TPSA) is 43.6 Å². The molecule has 0 aliphatic carbocycles. The molecule has 0 unspecified atom stereocenters. The lowest BCUT2D eigenvalue weighted by Crippen LogP contribution is -2.16. The van der Waals surface area contributed by atoms with Crippen LogP contribution >= 0.6 is 0 Å². The fourth-order valence-electron chi connectivity index (χ4n) is 2.29. The summed E-state index contributed by atoms with van der Waals surface area (Å²) in [5.74, 6) is 1.76. The van der Waals surface area contributed by atoms with E-state index in [2.05, 4.69) is 5.32 Å². The summed E-state index contributed by atoms with van der Waals surface area (Å²) in [6, 6.07) is 11.8. The minimum Gasteiger partial charge on any atom is -0.489 e. The van der Waals surface area contributed by atoms with Gasteiger partial charge in [0, 0.05) is 6.61 Å². The Morgan fingerprint density at radius 1 is 1.20 bits per heavy atom. The molecule has 1 atom stereocenters. The van der Waals surface area contributed by atoms with Crippen molar-refractivity contribution in [1.29, 1.82) is 0 Å². The molecule has 4 nitrogen and oxygen atoms in total. The maximum absolute atomic E-state index is 5.87. The number of furan rings is 1. The van der Waals surface area contributed by atoms with Crippen molar-refractivity contribution in [2.24, 2.45) is 0 Å². The summed E-state index contributed by atoms with van der Waals surface area (Å²) in [4.78, 5) is 0. The van der Waals surface area contributed by atoms with Crippen LogP contribution in [0, 0.1) is 0 Å². The second kappa shape index (κ2) is 6.48. The van der Waals surface area contributed by atoms with E-state index in [9.17, 15) is 0 Å². The van der Waals surface area contributed by atoms with Crippen molar-refractivity contribution >= 4 is 5.69 Å². The number of benzene rings is 1. The van der Waals surface area contributed by atoms with Crippen LogP contribution < -0.4 is 10.1 Å². The van der Waals surface area contributed by atoms with Crippen molar-refractivity contribution in [1.82, 2.24) is 0 Å². The highest BCUT2D eigenvalue weighted by Gasteiger charge is 2.16. The first-order valence-corrected chi connectivity index (χ1v) is 7.01. The highest BCUT2D eigenvalue weighted by molar-refractivity contribution is 5.56. The van der Waals surface area contributed by atoms with E-state index in [4.69, 9.17) is 13.9 Å². The standard InChI is InChI=1S/C16H19NO3/c1-2-8-16(20-12-14-6-4-10-19-14)15(7-1)17-11-13-5-3-9-18-13/h1-3,5,7-9,14,17H,4,6,10-12H2/t14-/m1/s1. The zero-order valence-electron chi connectivity index (χ0n) is 11.4. The van der Waals surface area contributed by atoms with Crippen molar-refractivity contribution in [3.8, 4) is 5.75 Å². The molecule has 2 heterocycles. The van der Waals surface area contributed by atoms with Gasteiger partial charge in [-0.3, -0.25) is 0 Å². The summed E-state index contributed by atoms with van der Waals surface area (Å²) < 4.78 is 16.8. The summed E-state index contributed by atoms with van der Waals surface area (Å²) in [7, 11) is 0. The second-order valence-electron chi connectivity index (χ2n) is 4.88. The maximum Gasteiger partial charge on any atom is 0.142 e. The molecule has 4 heteroatoms. The van der Waals surface area contributed by atoms with Gasteiger partial charge in [-0.2, -0.15) is 0 Å². The molecular formula is C16H19NO3. The van der Waals surface area contributed by atoms with E-state index in [-0.39, 0.29) is 6.10 Å². The summed E-state index contributed by atoms with van der Waals surface area (Å²) in [6.45, 7) is 2.11. The Morgan fingerprint density at radius 3 is 2.95 bits per heavy atom. The minimum atomic E-state index is 0.230. The van der Waals surface area contributed by atoms with Gasteiger partial charge in [0.25, 0.3) is 0 Å². The lowest BCUT2D eigenvalue weighted by atomic mass is 10.2. The average molecular weight is 273 g/mol. The van der Waals surface area contributed by atoms with Crippen molar-refractivity contribution < 1.29 is 13.9 Å². The number of ether oxygens (including phenoxy) is 2. The second-order valence-corrected chi connectivity index (χ2v) is 4.88. The molecular weight excluding hydrogens is 254 g/mol. The molecule has 20 heavy (non-hydrogen) atoms. The van der Waals surface area contributed by atoms with Crippen LogP contribution in [-0.4, -0.2) is 19.3 Å². The molecule has 1 N–H and O–H groups in total. The Bertz CT molecular complexity index is 518.